The van der Waals surface area contributed by atoms with E-state index in [-0.39, 0.29) is 0 Å². The van der Waals surface area contributed by atoms with Gasteiger partial charge in [-0.3, -0.25) is 4.99 Å². The Balaban J connectivity index is 1.35. The zero-order valence-corrected chi connectivity index (χ0v) is 17.2. The van der Waals surface area contributed by atoms with Gasteiger partial charge in [0.2, 0.25) is 0 Å². The van der Waals surface area contributed by atoms with Crippen LogP contribution in [-0.2, 0) is 22.6 Å². The fourth-order valence-corrected chi connectivity index (χ4v) is 3.69. The van der Waals surface area contributed by atoms with Crippen LogP contribution in [0.4, 0.5) is 0 Å². The third-order valence-electron chi connectivity index (χ3n) is 5.48. The summed E-state index contributed by atoms with van der Waals surface area (Å²) in [5.41, 5.74) is 4.05. The summed E-state index contributed by atoms with van der Waals surface area (Å²) in [7, 11) is 1.83. The lowest BCUT2D eigenvalue weighted by atomic mass is 9.97. The van der Waals surface area contributed by atoms with Crippen LogP contribution in [0.25, 0.3) is 0 Å². The number of aliphatic imine (C=N–C) groups is 1. The number of ether oxygens (including phenoxy) is 2. The second-order valence-electron chi connectivity index (χ2n) is 7.65. The Labute approximate surface area is 169 Å². The molecule has 0 bridgehead atoms. The molecule has 0 aromatic heterocycles. The first kappa shape index (κ1) is 20.9. The van der Waals surface area contributed by atoms with Crippen molar-refractivity contribution >= 4 is 5.96 Å². The number of allylic oxidation sites excluding steroid dienone is 1. The summed E-state index contributed by atoms with van der Waals surface area (Å²) in [6, 6.07) is 8.63. The molecule has 28 heavy (non-hydrogen) atoms. The van der Waals surface area contributed by atoms with Crippen LogP contribution in [0.15, 0.2) is 40.9 Å². The molecule has 2 N–H and O–H groups in total. The van der Waals surface area contributed by atoms with Crippen LogP contribution >= 0.6 is 0 Å². The molecule has 1 aromatic carbocycles. The first-order valence-electron chi connectivity index (χ1n) is 10.7. The van der Waals surface area contributed by atoms with Crippen LogP contribution in [0.5, 0.6) is 0 Å². The zero-order valence-electron chi connectivity index (χ0n) is 17.2. The van der Waals surface area contributed by atoms with Gasteiger partial charge in [0.1, 0.15) is 0 Å². The maximum Gasteiger partial charge on any atom is 0.191 e. The summed E-state index contributed by atoms with van der Waals surface area (Å²) in [6.45, 7) is 4.03. The highest BCUT2D eigenvalue weighted by molar-refractivity contribution is 5.79. The quantitative estimate of drug-likeness (QED) is 0.404. The lowest BCUT2D eigenvalue weighted by Crippen LogP contribution is -2.37. The minimum absolute atomic E-state index is 0.342. The zero-order chi connectivity index (χ0) is 19.4. The predicted molar refractivity (Wildman–Crippen MR) is 114 cm³/mol. The number of hydrogen-bond acceptors (Lipinski definition) is 3. The molecule has 0 radical (unpaired) electrons. The number of rotatable bonds is 8. The first-order valence-corrected chi connectivity index (χ1v) is 10.7. The second kappa shape index (κ2) is 11.9. The van der Waals surface area contributed by atoms with Crippen LogP contribution in [0.1, 0.15) is 56.1 Å². The van der Waals surface area contributed by atoms with Crippen LogP contribution in [-0.4, -0.2) is 38.9 Å². The normalized spacial score (nSPS) is 18.6. The molecule has 1 saturated heterocycles. The molecule has 1 aliphatic heterocycles. The van der Waals surface area contributed by atoms with E-state index in [0.717, 1.165) is 51.5 Å². The van der Waals surface area contributed by atoms with Gasteiger partial charge in [0.05, 0.1) is 12.7 Å². The molecule has 0 amide bonds. The lowest BCUT2D eigenvalue weighted by molar-refractivity contribution is -0.0390. The monoisotopic (exact) mass is 385 g/mol. The molecular formula is C23H35N3O2. The Morgan fingerprint density at radius 1 is 1.11 bits per heavy atom. The van der Waals surface area contributed by atoms with Crippen molar-refractivity contribution in [1.82, 2.24) is 10.6 Å². The Bertz CT molecular complexity index is 634. The molecule has 3 rings (SSSR count). The number of guanidine groups is 1. The molecule has 0 unspecified atom stereocenters. The Hall–Kier alpha value is -1.85. The van der Waals surface area contributed by atoms with E-state index in [0.29, 0.717) is 12.7 Å². The SMILES string of the molecule is CN=C(NCCC1=CCCCC1)NCc1ccc(COC2CCOCC2)cc1. The molecule has 1 heterocycles. The minimum atomic E-state index is 0.342. The minimum Gasteiger partial charge on any atom is -0.381 e. The van der Waals surface area contributed by atoms with Crippen molar-refractivity contribution in [2.24, 2.45) is 4.99 Å². The number of benzene rings is 1. The second-order valence-corrected chi connectivity index (χ2v) is 7.65. The van der Waals surface area contributed by atoms with Crippen molar-refractivity contribution < 1.29 is 9.47 Å². The van der Waals surface area contributed by atoms with Gasteiger partial charge in [-0.15, -0.1) is 0 Å². The molecule has 0 saturated carbocycles. The van der Waals surface area contributed by atoms with Gasteiger partial charge in [-0.25, -0.2) is 0 Å². The fourth-order valence-electron chi connectivity index (χ4n) is 3.69. The van der Waals surface area contributed by atoms with Crippen molar-refractivity contribution in [3.05, 3.63) is 47.0 Å². The van der Waals surface area contributed by atoms with Gasteiger partial charge in [0.25, 0.3) is 0 Å². The molecule has 5 nitrogen and oxygen atoms in total. The Kier molecular flexibility index (Phi) is 8.85. The highest BCUT2D eigenvalue weighted by Crippen LogP contribution is 2.19. The highest BCUT2D eigenvalue weighted by Gasteiger charge is 2.13. The van der Waals surface area contributed by atoms with Crippen molar-refractivity contribution in [2.45, 2.75) is 64.2 Å². The van der Waals surface area contributed by atoms with E-state index in [1.165, 1.54) is 36.8 Å². The molecule has 1 fully saturated rings. The summed E-state index contributed by atoms with van der Waals surface area (Å²) in [4.78, 5) is 4.33. The molecule has 5 heteroatoms. The van der Waals surface area contributed by atoms with Gasteiger partial charge in [-0.2, -0.15) is 0 Å². The van der Waals surface area contributed by atoms with Gasteiger partial charge < -0.3 is 20.1 Å². The standard InChI is InChI=1S/C23H35N3O2/c1-24-23(25-14-11-19-5-3-2-4-6-19)26-17-20-7-9-21(10-8-20)18-28-22-12-15-27-16-13-22/h5,7-10,22H,2-4,6,11-18H2,1H3,(H2,24,25,26). The largest absolute Gasteiger partial charge is 0.381 e. The van der Waals surface area contributed by atoms with Crippen molar-refractivity contribution in [3.8, 4) is 0 Å². The molecule has 1 aromatic rings. The first-order chi connectivity index (χ1) is 13.8. The van der Waals surface area contributed by atoms with E-state index in [9.17, 15) is 0 Å². The van der Waals surface area contributed by atoms with Gasteiger partial charge >= 0.3 is 0 Å². The van der Waals surface area contributed by atoms with Gasteiger partial charge in [0, 0.05) is 33.4 Å². The third-order valence-corrected chi connectivity index (χ3v) is 5.48. The fraction of sp³-hybridized carbons (Fsp3) is 0.609. The average Bonchev–Trinajstić information content (AvgIpc) is 2.77. The van der Waals surface area contributed by atoms with Crippen LogP contribution < -0.4 is 10.6 Å². The summed E-state index contributed by atoms with van der Waals surface area (Å²) in [5.74, 6) is 0.864. The van der Waals surface area contributed by atoms with Crippen molar-refractivity contribution in [3.63, 3.8) is 0 Å². The van der Waals surface area contributed by atoms with Crippen LogP contribution in [0.2, 0.25) is 0 Å². The summed E-state index contributed by atoms with van der Waals surface area (Å²) < 4.78 is 11.4. The predicted octanol–water partition coefficient (Wildman–Crippen LogP) is 3.94. The smallest absolute Gasteiger partial charge is 0.191 e. The molecule has 2 aliphatic rings. The molecule has 0 spiro atoms. The van der Waals surface area contributed by atoms with Crippen molar-refractivity contribution in [1.29, 1.82) is 0 Å². The van der Waals surface area contributed by atoms with Gasteiger partial charge in [-0.1, -0.05) is 35.9 Å². The number of nitrogens with one attached hydrogen (secondary N) is 2. The topological polar surface area (TPSA) is 54.9 Å². The Morgan fingerprint density at radius 3 is 2.61 bits per heavy atom. The number of hydrogen-bond donors (Lipinski definition) is 2. The van der Waals surface area contributed by atoms with E-state index in [1.54, 1.807) is 5.57 Å². The Morgan fingerprint density at radius 2 is 1.89 bits per heavy atom. The molecule has 154 valence electrons. The molecule has 1 aliphatic carbocycles. The highest BCUT2D eigenvalue weighted by atomic mass is 16.5. The van der Waals surface area contributed by atoms with E-state index in [4.69, 9.17) is 9.47 Å². The van der Waals surface area contributed by atoms with E-state index >= 15 is 0 Å². The van der Waals surface area contributed by atoms with Crippen LogP contribution in [0.3, 0.4) is 0 Å². The molecule has 0 atom stereocenters. The van der Waals surface area contributed by atoms with E-state index in [1.807, 2.05) is 7.05 Å². The van der Waals surface area contributed by atoms with Gasteiger partial charge in [-0.05, 0) is 56.1 Å². The van der Waals surface area contributed by atoms with Gasteiger partial charge in [0.15, 0.2) is 5.96 Å². The maximum atomic E-state index is 5.99. The third kappa shape index (κ3) is 7.28. The summed E-state index contributed by atoms with van der Waals surface area (Å²) >= 11 is 0. The van der Waals surface area contributed by atoms with Crippen molar-refractivity contribution in [2.75, 3.05) is 26.8 Å². The van der Waals surface area contributed by atoms with E-state index in [2.05, 4.69) is 46.0 Å². The summed E-state index contributed by atoms with van der Waals surface area (Å²) in [5, 5.41) is 6.82. The van der Waals surface area contributed by atoms with Crippen LogP contribution in [0, 0.1) is 0 Å². The van der Waals surface area contributed by atoms with E-state index < -0.39 is 0 Å². The maximum absolute atomic E-state index is 5.99. The summed E-state index contributed by atoms with van der Waals surface area (Å²) in [6.07, 6.45) is 11.1. The number of nitrogens with zero attached hydrogens (tertiary/aromatic N) is 1. The lowest BCUT2D eigenvalue weighted by Gasteiger charge is -2.22. The average molecular weight is 386 g/mol. The molecular weight excluding hydrogens is 350 g/mol.